The Morgan fingerprint density at radius 1 is 1.08 bits per heavy atom. The number of ether oxygens (including phenoxy) is 3. The van der Waals surface area contributed by atoms with Gasteiger partial charge >= 0.3 is 6.09 Å². The molecule has 2 saturated heterocycles. The highest BCUT2D eigenvalue weighted by Gasteiger charge is 2.33. The summed E-state index contributed by atoms with van der Waals surface area (Å²) >= 11 is 0. The number of nitrogens with zero attached hydrogens (tertiary/aromatic N) is 6. The van der Waals surface area contributed by atoms with E-state index in [0.717, 1.165) is 24.5 Å². The van der Waals surface area contributed by atoms with Crippen molar-refractivity contribution in [1.82, 2.24) is 30.2 Å². The van der Waals surface area contributed by atoms with Crippen LogP contribution in [0.2, 0.25) is 0 Å². The van der Waals surface area contributed by atoms with Gasteiger partial charge in [-0.1, -0.05) is 6.07 Å². The van der Waals surface area contributed by atoms with Crippen LogP contribution in [0.3, 0.4) is 0 Å². The van der Waals surface area contributed by atoms with E-state index in [9.17, 15) is 9.59 Å². The molecule has 2 amide bonds. The van der Waals surface area contributed by atoms with Crippen molar-refractivity contribution < 1.29 is 23.8 Å². The molecule has 2 N–H and O–H groups in total. The van der Waals surface area contributed by atoms with Crippen molar-refractivity contribution in [2.75, 3.05) is 50.1 Å². The molecule has 2 fully saturated rings. The van der Waals surface area contributed by atoms with Gasteiger partial charge in [-0.2, -0.15) is 0 Å². The van der Waals surface area contributed by atoms with Gasteiger partial charge in [0, 0.05) is 19.6 Å². The number of hydrogen-bond donors (Lipinski definition) is 2. The monoisotopic (exact) mass is 532 g/mol. The number of pyridine rings is 2. The van der Waals surface area contributed by atoms with Crippen LogP contribution in [0.5, 0.6) is 11.6 Å². The van der Waals surface area contributed by atoms with Crippen LogP contribution in [0.4, 0.5) is 16.4 Å². The van der Waals surface area contributed by atoms with Crippen molar-refractivity contribution in [3.05, 3.63) is 48.4 Å². The number of carbonyl (C=O) groups is 2. The molecule has 0 bridgehead atoms. The largest absolute Gasteiger partial charge is 0.480 e. The van der Waals surface area contributed by atoms with Gasteiger partial charge in [0.15, 0.2) is 18.2 Å². The number of hydrogen-bond acceptors (Lipinski definition) is 11. The summed E-state index contributed by atoms with van der Waals surface area (Å²) in [5, 5.41) is 6.01. The van der Waals surface area contributed by atoms with Crippen LogP contribution in [0.25, 0.3) is 11.4 Å². The van der Waals surface area contributed by atoms with Gasteiger partial charge in [0.1, 0.15) is 23.7 Å². The van der Waals surface area contributed by atoms with Gasteiger partial charge in [-0.05, 0) is 44.3 Å². The van der Waals surface area contributed by atoms with E-state index in [2.05, 4.69) is 30.5 Å². The van der Waals surface area contributed by atoms with E-state index in [-0.39, 0.29) is 24.7 Å². The minimum absolute atomic E-state index is 0.0521. The van der Waals surface area contributed by atoms with Crippen molar-refractivity contribution >= 4 is 23.6 Å². The zero-order chi connectivity index (χ0) is 26.8. The summed E-state index contributed by atoms with van der Waals surface area (Å²) in [7, 11) is 2.05. The third-order valence-electron chi connectivity index (χ3n) is 6.56. The molecule has 3 aromatic heterocycles. The SMILES string of the molecule is CN1CC(Oc2cncc(-c3cccc(CNCC[C@H]4CN(c5ccc6c(n5)NC(=O)CO6)C(=O)O4)n3)n2)C1. The molecule has 0 aliphatic carbocycles. The standard InChI is InChI=1S/C26H28N8O5/c1-33-12-18(13-33)38-24-11-28-10-20(30-24)19-4-2-3-16(29-19)9-27-8-7-17-14-34(26(36)39-17)22-6-5-21-25(31-22)32-23(35)15-37-21/h2-6,10-11,17-18,27H,7-9,12-15H2,1H3,(H,31,32,35)/t17-/m0/s1. The maximum atomic E-state index is 12.5. The summed E-state index contributed by atoms with van der Waals surface area (Å²) in [6, 6.07) is 9.13. The smallest absolute Gasteiger partial charge is 0.415 e. The lowest BCUT2D eigenvalue weighted by atomic mass is 10.2. The normalized spacial score (nSPS) is 19.1. The average Bonchev–Trinajstić information content (AvgIpc) is 3.30. The zero-order valence-electron chi connectivity index (χ0n) is 21.4. The molecule has 6 rings (SSSR count). The Kier molecular flexibility index (Phi) is 6.90. The number of carbonyl (C=O) groups excluding carboxylic acids is 2. The molecule has 6 heterocycles. The van der Waals surface area contributed by atoms with Crippen LogP contribution < -0.4 is 25.0 Å². The summed E-state index contributed by atoms with van der Waals surface area (Å²) in [5.41, 5.74) is 2.23. The fourth-order valence-electron chi connectivity index (χ4n) is 4.58. The molecule has 3 aliphatic heterocycles. The number of cyclic esters (lactones) is 1. The zero-order valence-corrected chi connectivity index (χ0v) is 21.4. The highest BCUT2D eigenvalue weighted by Crippen LogP contribution is 2.30. The number of aromatic nitrogens is 4. The van der Waals surface area contributed by atoms with Crippen LogP contribution in [-0.4, -0.2) is 88.9 Å². The first kappa shape index (κ1) is 24.9. The van der Waals surface area contributed by atoms with E-state index in [1.54, 1.807) is 24.5 Å². The van der Waals surface area contributed by atoms with Crippen LogP contribution in [0, 0.1) is 0 Å². The molecule has 0 aromatic carbocycles. The summed E-state index contributed by atoms with van der Waals surface area (Å²) in [6.07, 6.45) is 3.30. The predicted octanol–water partition coefficient (Wildman–Crippen LogP) is 1.46. The molecule has 0 unspecified atom stereocenters. The molecule has 1 atom stereocenters. The Hall–Kier alpha value is -4.36. The maximum absolute atomic E-state index is 12.5. The fraction of sp³-hybridized carbons (Fsp3) is 0.385. The molecule has 0 radical (unpaired) electrons. The number of nitrogens with one attached hydrogen (secondary N) is 2. The average molecular weight is 533 g/mol. The molecule has 13 heteroatoms. The number of likely N-dealkylation sites (N-methyl/N-ethyl adjacent to an activating group) is 1. The third-order valence-corrected chi connectivity index (χ3v) is 6.56. The first-order valence-electron chi connectivity index (χ1n) is 12.8. The van der Waals surface area contributed by atoms with E-state index < -0.39 is 6.09 Å². The van der Waals surface area contributed by atoms with Gasteiger partial charge in [0.25, 0.3) is 5.91 Å². The van der Waals surface area contributed by atoms with Crippen LogP contribution >= 0.6 is 0 Å². The van der Waals surface area contributed by atoms with E-state index in [4.69, 9.17) is 19.2 Å². The Balaban J connectivity index is 0.996. The van der Waals surface area contributed by atoms with Gasteiger partial charge in [-0.15, -0.1) is 0 Å². The quantitative estimate of drug-likeness (QED) is 0.387. The Morgan fingerprint density at radius 2 is 1.97 bits per heavy atom. The number of likely N-dealkylation sites (tertiary alicyclic amines) is 1. The molecule has 39 heavy (non-hydrogen) atoms. The van der Waals surface area contributed by atoms with Gasteiger partial charge in [-0.3, -0.25) is 19.6 Å². The first-order chi connectivity index (χ1) is 19.0. The Bertz CT molecular complexity index is 1380. The van der Waals surface area contributed by atoms with Gasteiger partial charge in [-0.25, -0.2) is 19.7 Å². The third kappa shape index (κ3) is 5.73. The molecular formula is C26H28N8O5. The number of anilines is 2. The minimum Gasteiger partial charge on any atom is -0.480 e. The molecule has 0 spiro atoms. The van der Waals surface area contributed by atoms with Crippen LogP contribution in [-0.2, 0) is 16.1 Å². The lowest BCUT2D eigenvalue weighted by Crippen LogP contribution is -2.51. The predicted molar refractivity (Wildman–Crippen MR) is 139 cm³/mol. The van der Waals surface area contributed by atoms with Gasteiger partial charge < -0.3 is 24.8 Å². The maximum Gasteiger partial charge on any atom is 0.415 e. The van der Waals surface area contributed by atoms with E-state index in [0.29, 0.717) is 55.0 Å². The van der Waals surface area contributed by atoms with Crippen LogP contribution in [0.15, 0.2) is 42.7 Å². The molecule has 13 nitrogen and oxygen atoms in total. The van der Waals surface area contributed by atoms with Crippen molar-refractivity contribution in [3.8, 4) is 23.0 Å². The number of rotatable bonds is 9. The summed E-state index contributed by atoms with van der Waals surface area (Å²) in [6.45, 7) is 3.24. The van der Waals surface area contributed by atoms with Crippen molar-refractivity contribution in [2.45, 2.75) is 25.2 Å². The highest BCUT2D eigenvalue weighted by molar-refractivity contribution is 5.95. The first-order valence-corrected chi connectivity index (χ1v) is 12.8. The minimum atomic E-state index is -0.471. The Labute approximate surface area is 224 Å². The summed E-state index contributed by atoms with van der Waals surface area (Å²) < 4.78 is 16.7. The molecule has 3 aromatic rings. The second kappa shape index (κ2) is 10.8. The van der Waals surface area contributed by atoms with E-state index in [1.165, 1.54) is 4.90 Å². The molecule has 0 saturated carbocycles. The van der Waals surface area contributed by atoms with Crippen molar-refractivity contribution in [2.24, 2.45) is 0 Å². The van der Waals surface area contributed by atoms with E-state index >= 15 is 0 Å². The van der Waals surface area contributed by atoms with Crippen molar-refractivity contribution in [3.63, 3.8) is 0 Å². The molecule has 202 valence electrons. The molecule has 3 aliphatic rings. The van der Waals surface area contributed by atoms with Crippen LogP contribution in [0.1, 0.15) is 12.1 Å². The Morgan fingerprint density at radius 3 is 2.85 bits per heavy atom. The van der Waals surface area contributed by atoms with Gasteiger partial charge in [0.2, 0.25) is 5.88 Å². The number of fused-ring (bicyclic) bond motifs is 1. The lowest BCUT2D eigenvalue weighted by Gasteiger charge is -2.35. The second-order valence-corrected chi connectivity index (χ2v) is 9.65. The van der Waals surface area contributed by atoms with E-state index in [1.807, 2.05) is 25.2 Å². The second-order valence-electron chi connectivity index (χ2n) is 9.65. The lowest BCUT2D eigenvalue weighted by molar-refractivity contribution is -0.118. The van der Waals surface area contributed by atoms with Gasteiger partial charge in [0.05, 0.1) is 30.3 Å². The topological polar surface area (TPSA) is 144 Å². The fourth-order valence-corrected chi connectivity index (χ4v) is 4.58. The summed E-state index contributed by atoms with van der Waals surface area (Å²) in [5.74, 6) is 1.39. The van der Waals surface area contributed by atoms with Crippen molar-refractivity contribution in [1.29, 1.82) is 0 Å². The number of amides is 2. The summed E-state index contributed by atoms with van der Waals surface area (Å²) in [4.78, 5) is 45.6. The highest BCUT2D eigenvalue weighted by atomic mass is 16.6. The molecular weight excluding hydrogens is 504 g/mol.